The average molecular weight is 307 g/mol. The number of hydrogen-bond donors (Lipinski definition) is 2. The molecule has 2 amide bonds. The highest BCUT2D eigenvalue weighted by atomic mass is 16.2. The van der Waals surface area contributed by atoms with E-state index in [0.29, 0.717) is 45.1 Å². The van der Waals surface area contributed by atoms with Crippen LogP contribution in [-0.2, 0) is 4.79 Å². The summed E-state index contributed by atoms with van der Waals surface area (Å²) in [5.41, 5.74) is -0.356. The molecule has 2 rings (SSSR count). The highest BCUT2D eigenvalue weighted by molar-refractivity contribution is 5.93. The van der Waals surface area contributed by atoms with E-state index in [0.717, 1.165) is 0 Å². The van der Waals surface area contributed by atoms with Crippen LogP contribution in [0.2, 0.25) is 0 Å². The molecule has 0 unspecified atom stereocenters. The van der Waals surface area contributed by atoms with Gasteiger partial charge in [0.05, 0.1) is 6.54 Å². The van der Waals surface area contributed by atoms with Crippen molar-refractivity contribution < 1.29 is 9.59 Å². The van der Waals surface area contributed by atoms with Crippen molar-refractivity contribution in [3.63, 3.8) is 0 Å². The standard InChI is InChI=1S/C14H21N5O3/c1-3-15-12(20)9-18-4-6-19(7-5-18)14(22)11-8-16-10(2)17-13(11)21/h8H,3-7,9H2,1-2H3,(H,15,20)(H,16,17,21). The van der Waals surface area contributed by atoms with E-state index in [2.05, 4.69) is 15.3 Å². The van der Waals surface area contributed by atoms with Crippen LogP contribution in [0, 0.1) is 6.92 Å². The Morgan fingerprint density at radius 1 is 1.32 bits per heavy atom. The number of piperazine rings is 1. The van der Waals surface area contributed by atoms with E-state index < -0.39 is 5.56 Å². The Hall–Kier alpha value is -2.22. The molecule has 0 spiro atoms. The van der Waals surface area contributed by atoms with Crippen LogP contribution in [0.5, 0.6) is 0 Å². The zero-order chi connectivity index (χ0) is 16.1. The minimum atomic E-state index is -0.415. The smallest absolute Gasteiger partial charge is 0.263 e. The molecule has 22 heavy (non-hydrogen) atoms. The van der Waals surface area contributed by atoms with Crippen LogP contribution in [0.4, 0.5) is 0 Å². The van der Waals surface area contributed by atoms with E-state index >= 15 is 0 Å². The van der Waals surface area contributed by atoms with Gasteiger partial charge in [0.15, 0.2) is 0 Å². The van der Waals surface area contributed by atoms with Crippen molar-refractivity contribution >= 4 is 11.8 Å². The molecule has 0 aliphatic carbocycles. The van der Waals surface area contributed by atoms with Gasteiger partial charge < -0.3 is 15.2 Å². The molecular weight excluding hydrogens is 286 g/mol. The Kier molecular flexibility index (Phi) is 5.26. The van der Waals surface area contributed by atoms with Crippen molar-refractivity contribution in [2.24, 2.45) is 0 Å². The van der Waals surface area contributed by atoms with Crippen LogP contribution in [0.15, 0.2) is 11.0 Å². The first-order chi connectivity index (χ1) is 10.5. The first-order valence-corrected chi connectivity index (χ1v) is 7.35. The summed E-state index contributed by atoms with van der Waals surface area (Å²) >= 11 is 0. The lowest BCUT2D eigenvalue weighted by Crippen LogP contribution is -2.51. The number of nitrogens with one attached hydrogen (secondary N) is 2. The van der Waals surface area contributed by atoms with Crippen molar-refractivity contribution in [3.05, 3.63) is 27.9 Å². The van der Waals surface area contributed by atoms with Gasteiger partial charge in [-0.05, 0) is 13.8 Å². The quantitative estimate of drug-likeness (QED) is 0.741. The second kappa shape index (κ2) is 7.17. The second-order valence-electron chi connectivity index (χ2n) is 5.23. The van der Waals surface area contributed by atoms with Crippen molar-refractivity contribution in [2.75, 3.05) is 39.3 Å². The number of carbonyl (C=O) groups excluding carboxylic acids is 2. The number of amides is 2. The molecule has 0 bridgehead atoms. The molecule has 0 radical (unpaired) electrons. The molecule has 0 atom stereocenters. The molecule has 1 fully saturated rings. The molecule has 120 valence electrons. The van der Waals surface area contributed by atoms with Crippen LogP contribution in [0.1, 0.15) is 23.1 Å². The fraction of sp³-hybridized carbons (Fsp3) is 0.571. The second-order valence-corrected chi connectivity index (χ2v) is 5.23. The number of carbonyl (C=O) groups is 2. The fourth-order valence-electron chi connectivity index (χ4n) is 2.37. The number of aromatic amines is 1. The highest BCUT2D eigenvalue weighted by Gasteiger charge is 2.24. The summed E-state index contributed by atoms with van der Waals surface area (Å²) in [7, 11) is 0. The third-order valence-electron chi connectivity index (χ3n) is 3.56. The molecule has 1 aromatic rings. The molecule has 1 aliphatic heterocycles. The molecular formula is C14H21N5O3. The third-order valence-corrected chi connectivity index (χ3v) is 3.56. The summed E-state index contributed by atoms with van der Waals surface area (Å²) in [5.74, 6) is 0.154. The van der Waals surface area contributed by atoms with Gasteiger partial charge in [-0.25, -0.2) is 4.98 Å². The van der Waals surface area contributed by atoms with E-state index in [4.69, 9.17) is 0 Å². The largest absolute Gasteiger partial charge is 0.355 e. The number of hydrogen-bond acceptors (Lipinski definition) is 5. The van der Waals surface area contributed by atoms with Crippen LogP contribution in [0.3, 0.4) is 0 Å². The normalized spacial score (nSPS) is 15.6. The summed E-state index contributed by atoms with van der Waals surface area (Å²) in [5, 5.41) is 2.75. The van der Waals surface area contributed by atoms with Gasteiger partial charge in [0.1, 0.15) is 11.4 Å². The third kappa shape index (κ3) is 3.91. The van der Waals surface area contributed by atoms with Gasteiger partial charge in [-0.15, -0.1) is 0 Å². The Morgan fingerprint density at radius 2 is 2.00 bits per heavy atom. The maximum Gasteiger partial charge on any atom is 0.263 e. The Labute approximate surface area is 128 Å². The molecule has 0 saturated carbocycles. The number of nitrogens with zero attached hydrogens (tertiary/aromatic N) is 3. The van der Waals surface area contributed by atoms with E-state index in [1.54, 1.807) is 11.8 Å². The summed E-state index contributed by atoms with van der Waals surface area (Å²) in [6.45, 7) is 6.69. The molecule has 0 aromatic carbocycles. The molecule has 8 nitrogen and oxygen atoms in total. The van der Waals surface area contributed by atoms with E-state index in [9.17, 15) is 14.4 Å². The highest BCUT2D eigenvalue weighted by Crippen LogP contribution is 2.05. The summed E-state index contributed by atoms with van der Waals surface area (Å²) in [6.07, 6.45) is 1.32. The summed E-state index contributed by atoms with van der Waals surface area (Å²) in [6, 6.07) is 0. The average Bonchev–Trinajstić information content (AvgIpc) is 2.47. The molecule has 1 saturated heterocycles. The number of aryl methyl sites for hydroxylation is 1. The van der Waals surface area contributed by atoms with Crippen molar-refractivity contribution in [3.8, 4) is 0 Å². The van der Waals surface area contributed by atoms with E-state index in [1.165, 1.54) is 6.20 Å². The minimum absolute atomic E-state index is 0.0125. The van der Waals surface area contributed by atoms with Gasteiger partial charge in [-0.1, -0.05) is 0 Å². The van der Waals surface area contributed by atoms with Crippen LogP contribution in [-0.4, -0.2) is 70.9 Å². The first-order valence-electron chi connectivity index (χ1n) is 7.35. The first kappa shape index (κ1) is 16.2. The predicted octanol–water partition coefficient (Wildman–Crippen LogP) is -1.03. The van der Waals surface area contributed by atoms with Gasteiger partial charge in [-0.2, -0.15) is 0 Å². The molecule has 1 aromatic heterocycles. The van der Waals surface area contributed by atoms with Crippen molar-refractivity contribution in [2.45, 2.75) is 13.8 Å². The zero-order valence-corrected chi connectivity index (χ0v) is 12.9. The SMILES string of the molecule is CCNC(=O)CN1CCN(C(=O)c2cnc(C)[nH]c2=O)CC1. The lowest BCUT2D eigenvalue weighted by Gasteiger charge is -2.34. The van der Waals surface area contributed by atoms with Crippen molar-refractivity contribution in [1.29, 1.82) is 0 Å². The fourth-order valence-corrected chi connectivity index (χ4v) is 2.37. The summed E-state index contributed by atoms with van der Waals surface area (Å²) < 4.78 is 0. The molecule has 1 aliphatic rings. The van der Waals surface area contributed by atoms with Gasteiger partial charge in [-0.3, -0.25) is 19.3 Å². The lowest BCUT2D eigenvalue weighted by atomic mass is 10.2. The van der Waals surface area contributed by atoms with Gasteiger partial charge in [0.2, 0.25) is 5.91 Å². The molecule has 2 heterocycles. The maximum absolute atomic E-state index is 12.3. The maximum atomic E-state index is 12.3. The Bertz CT molecular complexity index is 605. The molecule has 2 N–H and O–H groups in total. The van der Waals surface area contributed by atoms with Crippen LogP contribution < -0.4 is 10.9 Å². The number of H-pyrrole nitrogens is 1. The van der Waals surface area contributed by atoms with Crippen molar-refractivity contribution in [1.82, 2.24) is 25.1 Å². The zero-order valence-electron chi connectivity index (χ0n) is 12.9. The Balaban J connectivity index is 1.92. The van der Waals surface area contributed by atoms with Crippen LogP contribution >= 0.6 is 0 Å². The summed E-state index contributed by atoms with van der Waals surface area (Å²) in [4.78, 5) is 45.8. The number of rotatable bonds is 4. The lowest BCUT2D eigenvalue weighted by molar-refractivity contribution is -0.122. The predicted molar refractivity (Wildman–Crippen MR) is 80.6 cm³/mol. The minimum Gasteiger partial charge on any atom is -0.355 e. The number of likely N-dealkylation sites (N-methyl/N-ethyl adjacent to an activating group) is 1. The van der Waals surface area contributed by atoms with Gasteiger partial charge >= 0.3 is 0 Å². The Morgan fingerprint density at radius 3 is 2.59 bits per heavy atom. The number of aromatic nitrogens is 2. The molecule has 8 heteroatoms. The monoisotopic (exact) mass is 307 g/mol. The van der Waals surface area contributed by atoms with Gasteiger partial charge in [0.25, 0.3) is 11.5 Å². The van der Waals surface area contributed by atoms with Gasteiger partial charge in [0, 0.05) is 38.9 Å². The van der Waals surface area contributed by atoms with Crippen LogP contribution in [0.25, 0.3) is 0 Å². The van der Waals surface area contributed by atoms with E-state index in [1.807, 2.05) is 11.8 Å². The topological polar surface area (TPSA) is 98.4 Å². The van der Waals surface area contributed by atoms with E-state index in [-0.39, 0.29) is 17.4 Å².